The fourth-order valence-electron chi connectivity index (χ4n) is 3.22. The van der Waals surface area contributed by atoms with Gasteiger partial charge in [0.2, 0.25) is 0 Å². The quantitative estimate of drug-likeness (QED) is 0.566. The van der Waals surface area contributed by atoms with Gasteiger partial charge < -0.3 is 19.4 Å². The molecule has 0 bridgehead atoms. The molecule has 136 valence electrons. The van der Waals surface area contributed by atoms with E-state index in [1.54, 1.807) is 11.7 Å². The third-order valence-electron chi connectivity index (χ3n) is 4.52. The molecule has 1 fully saturated rings. The van der Waals surface area contributed by atoms with Crippen molar-refractivity contribution >= 4 is 11.6 Å². The molecule has 1 aliphatic heterocycles. The Morgan fingerprint density at radius 2 is 2.31 bits per heavy atom. The molecule has 0 radical (unpaired) electrons. The van der Waals surface area contributed by atoms with Gasteiger partial charge in [-0.2, -0.15) is 5.10 Å². The highest BCUT2D eigenvalue weighted by atomic mass is 16.5. The SMILES string of the molecule is CN=C(NCc1cn2ccccc2n1)N1CCOC(c2cnn(C)c2)C1. The molecule has 1 atom stereocenters. The molecule has 1 saturated heterocycles. The summed E-state index contributed by atoms with van der Waals surface area (Å²) in [6.07, 6.45) is 7.91. The molecule has 0 spiro atoms. The van der Waals surface area contributed by atoms with E-state index in [0.717, 1.165) is 36.0 Å². The van der Waals surface area contributed by atoms with E-state index in [2.05, 4.69) is 25.3 Å². The van der Waals surface area contributed by atoms with Gasteiger partial charge in [0.25, 0.3) is 0 Å². The highest BCUT2D eigenvalue weighted by Gasteiger charge is 2.25. The van der Waals surface area contributed by atoms with Gasteiger partial charge in [-0.3, -0.25) is 9.67 Å². The molecule has 26 heavy (non-hydrogen) atoms. The lowest BCUT2D eigenvalue weighted by molar-refractivity contribution is -0.00805. The smallest absolute Gasteiger partial charge is 0.194 e. The number of hydrogen-bond acceptors (Lipinski definition) is 4. The molecule has 4 heterocycles. The van der Waals surface area contributed by atoms with Crippen molar-refractivity contribution in [2.24, 2.45) is 12.0 Å². The number of fused-ring (bicyclic) bond motifs is 1. The number of rotatable bonds is 3. The number of aryl methyl sites for hydroxylation is 1. The van der Waals surface area contributed by atoms with E-state index in [9.17, 15) is 0 Å². The normalized spacial score (nSPS) is 18.5. The Kier molecular flexibility index (Phi) is 4.57. The van der Waals surface area contributed by atoms with E-state index >= 15 is 0 Å². The van der Waals surface area contributed by atoms with E-state index in [1.807, 2.05) is 54.4 Å². The summed E-state index contributed by atoms with van der Waals surface area (Å²) in [5, 5.41) is 7.66. The summed E-state index contributed by atoms with van der Waals surface area (Å²) in [6, 6.07) is 5.99. The average molecular weight is 353 g/mol. The van der Waals surface area contributed by atoms with Crippen LogP contribution in [-0.4, -0.2) is 56.8 Å². The summed E-state index contributed by atoms with van der Waals surface area (Å²) < 4.78 is 9.73. The minimum Gasteiger partial charge on any atom is -0.370 e. The largest absolute Gasteiger partial charge is 0.370 e. The minimum absolute atomic E-state index is 0.00574. The number of nitrogens with one attached hydrogen (secondary N) is 1. The molecule has 8 nitrogen and oxygen atoms in total. The highest BCUT2D eigenvalue weighted by Crippen LogP contribution is 2.21. The van der Waals surface area contributed by atoms with Crippen LogP contribution in [-0.2, 0) is 18.3 Å². The van der Waals surface area contributed by atoms with Gasteiger partial charge in [0.05, 0.1) is 31.6 Å². The van der Waals surface area contributed by atoms with Crippen LogP contribution in [0.25, 0.3) is 5.65 Å². The van der Waals surface area contributed by atoms with Crippen molar-refractivity contribution in [1.29, 1.82) is 0 Å². The first-order valence-electron chi connectivity index (χ1n) is 8.71. The summed E-state index contributed by atoms with van der Waals surface area (Å²) >= 11 is 0. The molecule has 0 aromatic carbocycles. The molecular weight excluding hydrogens is 330 g/mol. The number of imidazole rings is 1. The number of pyridine rings is 1. The van der Waals surface area contributed by atoms with Crippen LogP contribution in [0.15, 0.2) is 48.0 Å². The van der Waals surface area contributed by atoms with E-state index in [4.69, 9.17) is 4.74 Å². The molecule has 1 aliphatic rings. The van der Waals surface area contributed by atoms with Crippen LogP contribution in [0.1, 0.15) is 17.4 Å². The lowest BCUT2D eigenvalue weighted by Crippen LogP contribution is -2.47. The van der Waals surface area contributed by atoms with Crippen molar-refractivity contribution < 1.29 is 4.74 Å². The van der Waals surface area contributed by atoms with Gasteiger partial charge in [-0.25, -0.2) is 4.98 Å². The summed E-state index contributed by atoms with van der Waals surface area (Å²) in [6.45, 7) is 2.84. The van der Waals surface area contributed by atoms with Crippen LogP contribution in [0.4, 0.5) is 0 Å². The standard InChI is InChI=1S/C18H23N7O/c1-19-18(20-10-15-12-24-6-4-3-5-17(24)22-15)25-7-8-26-16(13-25)14-9-21-23(2)11-14/h3-6,9,11-12,16H,7-8,10,13H2,1-2H3,(H,19,20). The Bertz CT molecular complexity index is 880. The van der Waals surface area contributed by atoms with Crippen LogP contribution in [0, 0.1) is 0 Å². The summed E-state index contributed by atoms with van der Waals surface area (Å²) in [7, 11) is 3.72. The number of morpholine rings is 1. The first-order chi connectivity index (χ1) is 12.7. The predicted molar refractivity (Wildman–Crippen MR) is 98.9 cm³/mol. The molecular formula is C18H23N7O. The first kappa shape index (κ1) is 16.6. The van der Waals surface area contributed by atoms with Crippen LogP contribution in [0.5, 0.6) is 0 Å². The third-order valence-corrected chi connectivity index (χ3v) is 4.52. The molecule has 1 N–H and O–H groups in total. The van der Waals surface area contributed by atoms with Gasteiger partial charge in [-0.1, -0.05) is 6.07 Å². The van der Waals surface area contributed by atoms with Crippen molar-refractivity contribution in [2.45, 2.75) is 12.6 Å². The zero-order chi connectivity index (χ0) is 17.9. The number of hydrogen-bond donors (Lipinski definition) is 1. The van der Waals surface area contributed by atoms with Gasteiger partial charge >= 0.3 is 0 Å². The maximum atomic E-state index is 5.91. The predicted octanol–water partition coefficient (Wildman–Crippen LogP) is 1.22. The van der Waals surface area contributed by atoms with Crippen molar-refractivity contribution in [1.82, 2.24) is 29.4 Å². The fourth-order valence-corrected chi connectivity index (χ4v) is 3.22. The molecule has 3 aromatic rings. The van der Waals surface area contributed by atoms with Gasteiger partial charge in [-0.05, 0) is 12.1 Å². The Balaban J connectivity index is 1.41. The number of nitrogens with zero attached hydrogens (tertiary/aromatic N) is 6. The van der Waals surface area contributed by atoms with E-state index in [-0.39, 0.29) is 6.10 Å². The molecule has 3 aromatic heterocycles. The van der Waals surface area contributed by atoms with E-state index in [0.29, 0.717) is 13.2 Å². The maximum Gasteiger partial charge on any atom is 0.194 e. The number of aliphatic imine (C=N–C) groups is 1. The van der Waals surface area contributed by atoms with Crippen molar-refractivity contribution in [3.05, 3.63) is 54.2 Å². The van der Waals surface area contributed by atoms with Crippen molar-refractivity contribution in [2.75, 3.05) is 26.7 Å². The number of ether oxygens (including phenoxy) is 1. The van der Waals surface area contributed by atoms with Crippen LogP contribution < -0.4 is 5.32 Å². The zero-order valence-corrected chi connectivity index (χ0v) is 15.0. The van der Waals surface area contributed by atoms with Crippen molar-refractivity contribution in [3.63, 3.8) is 0 Å². The monoisotopic (exact) mass is 353 g/mol. The van der Waals surface area contributed by atoms with Crippen LogP contribution in [0.3, 0.4) is 0 Å². The van der Waals surface area contributed by atoms with E-state index < -0.39 is 0 Å². The molecule has 0 aliphatic carbocycles. The lowest BCUT2D eigenvalue weighted by atomic mass is 10.1. The lowest BCUT2D eigenvalue weighted by Gasteiger charge is -2.34. The van der Waals surface area contributed by atoms with Gasteiger partial charge in [0.15, 0.2) is 5.96 Å². The van der Waals surface area contributed by atoms with E-state index in [1.165, 1.54) is 0 Å². The first-order valence-corrected chi connectivity index (χ1v) is 8.71. The molecule has 1 unspecified atom stereocenters. The molecule has 0 saturated carbocycles. The topological polar surface area (TPSA) is 72.0 Å². The second kappa shape index (κ2) is 7.17. The number of guanidine groups is 1. The molecule has 0 amide bonds. The highest BCUT2D eigenvalue weighted by molar-refractivity contribution is 5.80. The van der Waals surface area contributed by atoms with Crippen LogP contribution >= 0.6 is 0 Å². The molecule has 4 rings (SSSR count). The Labute approximate surface area is 152 Å². The second-order valence-corrected chi connectivity index (χ2v) is 6.35. The number of aromatic nitrogens is 4. The maximum absolute atomic E-state index is 5.91. The fraction of sp³-hybridized carbons (Fsp3) is 0.389. The molecule has 8 heteroatoms. The minimum atomic E-state index is 0.00574. The zero-order valence-electron chi connectivity index (χ0n) is 15.0. The Morgan fingerprint density at radius 1 is 1.38 bits per heavy atom. The van der Waals surface area contributed by atoms with Crippen molar-refractivity contribution in [3.8, 4) is 0 Å². The summed E-state index contributed by atoms with van der Waals surface area (Å²) in [4.78, 5) is 11.3. The second-order valence-electron chi connectivity index (χ2n) is 6.35. The van der Waals surface area contributed by atoms with Crippen LogP contribution in [0.2, 0.25) is 0 Å². The van der Waals surface area contributed by atoms with Gasteiger partial charge in [0, 0.05) is 44.8 Å². The third kappa shape index (κ3) is 3.41. The summed E-state index contributed by atoms with van der Waals surface area (Å²) in [5.41, 5.74) is 3.02. The van der Waals surface area contributed by atoms with Gasteiger partial charge in [0.1, 0.15) is 11.8 Å². The average Bonchev–Trinajstić information content (AvgIpc) is 3.28. The van der Waals surface area contributed by atoms with Gasteiger partial charge in [-0.15, -0.1) is 0 Å². The Morgan fingerprint density at radius 3 is 3.08 bits per heavy atom. The Hall–Kier alpha value is -2.87. The summed E-state index contributed by atoms with van der Waals surface area (Å²) in [5.74, 6) is 0.860.